The van der Waals surface area contributed by atoms with E-state index in [1.165, 1.54) is 276 Å². The second kappa shape index (κ2) is 55.7. The topological polar surface area (TPSA) is 89.8 Å². The highest BCUT2D eigenvalue weighted by Gasteiger charge is 2.26. The molecule has 5 heteroatoms. The lowest BCUT2D eigenvalue weighted by molar-refractivity contribution is -0.124. The van der Waals surface area contributed by atoms with Gasteiger partial charge in [0.15, 0.2) is 0 Å². The SMILES string of the molecule is CCCCCCCCCCCCCCCCCCC/C=C/CCCC(O)C(O)C(CO)NC(=O)CCCCCCCCCCCCCCCCCCCCCCCCCCCCCCC. The monoisotopic (exact) mass is 918 g/mol. The van der Waals surface area contributed by atoms with Crippen molar-refractivity contribution in [3.05, 3.63) is 12.2 Å². The number of hydrogen-bond acceptors (Lipinski definition) is 4. The smallest absolute Gasteiger partial charge is 0.220 e. The molecule has 0 aliphatic rings. The Labute approximate surface area is 408 Å². The Hall–Kier alpha value is -0.910. The van der Waals surface area contributed by atoms with E-state index in [9.17, 15) is 20.1 Å². The second-order valence-electron chi connectivity index (χ2n) is 20.9. The number of unbranched alkanes of at least 4 members (excludes halogenated alkanes) is 46. The van der Waals surface area contributed by atoms with Crippen LogP contribution >= 0.6 is 0 Å². The average molecular weight is 919 g/mol. The van der Waals surface area contributed by atoms with Crippen molar-refractivity contribution in [3.8, 4) is 0 Å². The molecule has 0 bridgehead atoms. The van der Waals surface area contributed by atoms with E-state index in [0.717, 1.165) is 38.5 Å². The van der Waals surface area contributed by atoms with Gasteiger partial charge in [-0.1, -0.05) is 309 Å². The van der Waals surface area contributed by atoms with Gasteiger partial charge in [0.25, 0.3) is 0 Å². The highest BCUT2D eigenvalue weighted by molar-refractivity contribution is 5.76. The van der Waals surface area contributed by atoms with Crippen molar-refractivity contribution in [2.45, 2.75) is 360 Å². The lowest BCUT2D eigenvalue weighted by atomic mass is 10.0. The number of nitrogens with one attached hydrogen (secondary N) is 1. The molecule has 0 aromatic carbocycles. The molecule has 4 N–H and O–H groups in total. The van der Waals surface area contributed by atoms with Gasteiger partial charge < -0.3 is 20.6 Å². The predicted molar refractivity (Wildman–Crippen MR) is 287 cm³/mol. The maximum absolute atomic E-state index is 12.5. The van der Waals surface area contributed by atoms with Gasteiger partial charge >= 0.3 is 0 Å². The maximum atomic E-state index is 12.5. The number of hydrogen-bond donors (Lipinski definition) is 4. The zero-order chi connectivity index (χ0) is 47.2. The molecule has 0 radical (unpaired) electrons. The highest BCUT2D eigenvalue weighted by Crippen LogP contribution is 2.18. The molecule has 0 fully saturated rings. The number of allylic oxidation sites excluding steroid dienone is 2. The van der Waals surface area contributed by atoms with Gasteiger partial charge in [0, 0.05) is 6.42 Å². The van der Waals surface area contributed by atoms with Crippen LogP contribution in [0.2, 0.25) is 0 Å². The van der Waals surface area contributed by atoms with Crippen molar-refractivity contribution < 1.29 is 20.1 Å². The number of aliphatic hydroxyl groups excluding tert-OH is 3. The van der Waals surface area contributed by atoms with Crippen molar-refractivity contribution in [3.63, 3.8) is 0 Å². The lowest BCUT2D eigenvalue weighted by Crippen LogP contribution is -2.50. The van der Waals surface area contributed by atoms with Crippen molar-refractivity contribution >= 4 is 5.91 Å². The van der Waals surface area contributed by atoms with E-state index in [4.69, 9.17) is 0 Å². The quantitative estimate of drug-likeness (QED) is 0.0361. The van der Waals surface area contributed by atoms with Crippen LogP contribution in [-0.2, 0) is 4.79 Å². The molecule has 0 aliphatic carbocycles. The molecular formula is C60H119NO4. The van der Waals surface area contributed by atoms with Crippen molar-refractivity contribution in [1.29, 1.82) is 0 Å². The third kappa shape index (κ3) is 50.8. The lowest BCUT2D eigenvalue weighted by Gasteiger charge is -2.26. The third-order valence-electron chi connectivity index (χ3n) is 14.4. The van der Waals surface area contributed by atoms with Crippen LogP contribution in [0.3, 0.4) is 0 Å². The van der Waals surface area contributed by atoms with E-state index >= 15 is 0 Å². The number of carbonyl (C=O) groups excluding carboxylic acids is 1. The highest BCUT2D eigenvalue weighted by atomic mass is 16.3. The number of amides is 1. The summed E-state index contributed by atoms with van der Waals surface area (Å²) in [5, 5.41) is 33.8. The van der Waals surface area contributed by atoms with Gasteiger partial charge in [-0.2, -0.15) is 0 Å². The molecule has 0 spiro atoms. The molecule has 3 atom stereocenters. The minimum atomic E-state index is -1.16. The fraction of sp³-hybridized carbons (Fsp3) is 0.950. The first-order chi connectivity index (χ1) is 32.1. The predicted octanol–water partition coefficient (Wildman–Crippen LogP) is 18.7. The van der Waals surface area contributed by atoms with E-state index < -0.39 is 18.2 Å². The molecule has 0 aliphatic heterocycles. The van der Waals surface area contributed by atoms with Crippen LogP contribution in [0.15, 0.2) is 12.2 Å². The molecule has 65 heavy (non-hydrogen) atoms. The van der Waals surface area contributed by atoms with Crippen molar-refractivity contribution in [1.82, 2.24) is 5.32 Å². The summed E-state index contributed by atoms with van der Waals surface area (Å²) in [5.41, 5.74) is 0. The van der Waals surface area contributed by atoms with Gasteiger partial charge in [-0.3, -0.25) is 4.79 Å². The fourth-order valence-corrected chi connectivity index (χ4v) is 9.76. The molecule has 3 unspecified atom stereocenters. The fourth-order valence-electron chi connectivity index (χ4n) is 9.76. The van der Waals surface area contributed by atoms with E-state index in [0.29, 0.717) is 12.8 Å². The van der Waals surface area contributed by atoms with E-state index in [1.54, 1.807) is 0 Å². The van der Waals surface area contributed by atoms with Crippen LogP contribution in [0.1, 0.15) is 341 Å². The summed E-state index contributed by atoms with van der Waals surface area (Å²) in [6.45, 7) is 4.22. The number of aliphatic hydroxyl groups is 3. The van der Waals surface area contributed by atoms with Gasteiger partial charge in [-0.15, -0.1) is 0 Å². The van der Waals surface area contributed by atoms with E-state index in [1.807, 2.05) is 0 Å². The molecular weight excluding hydrogens is 799 g/mol. The number of rotatable bonds is 56. The van der Waals surface area contributed by atoms with Gasteiger partial charge in [-0.25, -0.2) is 0 Å². The van der Waals surface area contributed by atoms with Crippen LogP contribution in [0.5, 0.6) is 0 Å². The average Bonchev–Trinajstić information content (AvgIpc) is 3.31. The van der Waals surface area contributed by atoms with Crippen LogP contribution in [0.25, 0.3) is 0 Å². The van der Waals surface area contributed by atoms with Crippen LogP contribution < -0.4 is 5.32 Å². The van der Waals surface area contributed by atoms with Crippen molar-refractivity contribution in [2.24, 2.45) is 0 Å². The van der Waals surface area contributed by atoms with E-state index in [-0.39, 0.29) is 12.5 Å². The van der Waals surface area contributed by atoms with Crippen LogP contribution in [0.4, 0.5) is 0 Å². The molecule has 0 aromatic rings. The Morgan fingerprint density at radius 1 is 0.369 bits per heavy atom. The van der Waals surface area contributed by atoms with Crippen LogP contribution in [-0.4, -0.2) is 46.1 Å². The second-order valence-corrected chi connectivity index (χ2v) is 20.9. The Balaban J connectivity index is 3.50. The summed E-state index contributed by atoms with van der Waals surface area (Å²) in [4.78, 5) is 12.5. The van der Waals surface area contributed by atoms with Crippen molar-refractivity contribution in [2.75, 3.05) is 6.61 Å². The molecule has 1 amide bonds. The molecule has 0 saturated heterocycles. The first-order valence-corrected chi connectivity index (χ1v) is 30.0. The molecule has 0 rings (SSSR count). The maximum Gasteiger partial charge on any atom is 0.220 e. The van der Waals surface area contributed by atoms with Gasteiger partial charge in [-0.05, 0) is 38.5 Å². The Kier molecular flexibility index (Phi) is 54.9. The Morgan fingerprint density at radius 3 is 0.892 bits per heavy atom. The zero-order valence-corrected chi connectivity index (χ0v) is 44.4. The zero-order valence-electron chi connectivity index (χ0n) is 44.4. The van der Waals surface area contributed by atoms with E-state index in [2.05, 4.69) is 31.3 Å². The summed E-state index contributed by atoms with van der Waals surface area (Å²) in [6.07, 6.45) is 69.6. The molecule has 0 heterocycles. The summed E-state index contributed by atoms with van der Waals surface area (Å²) in [7, 11) is 0. The molecule has 388 valence electrons. The summed E-state index contributed by atoms with van der Waals surface area (Å²) >= 11 is 0. The normalized spacial score (nSPS) is 13.2. The first-order valence-electron chi connectivity index (χ1n) is 30.0. The molecule has 0 aromatic heterocycles. The summed E-state index contributed by atoms with van der Waals surface area (Å²) in [6, 6.07) is -0.823. The standard InChI is InChI=1S/C60H119NO4/c1-3-5-7-9-11-13-15-17-19-21-23-25-27-28-29-30-31-32-33-35-37-39-41-43-45-47-49-51-53-55-59(64)61-57(56-62)60(65)58(63)54-52-50-48-46-44-42-40-38-36-34-26-24-22-20-18-16-14-12-10-8-6-4-2/h46,48,57-58,60,62-63,65H,3-45,47,49-56H2,1-2H3,(H,61,64)/b48-46+. The largest absolute Gasteiger partial charge is 0.394 e. The Bertz CT molecular complexity index is 925. The van der Waals surface area contributed by atoms with Crippen LogP contribution in [0, 0.1) is 0 Å². The summed E-state index contributed by atoms with van der Waals surface area (Å²) in [5.74, 6) is -0.146. The van der Waals surface area contributed by atoms with Gasteiger partial charge in [0.05, 0.1) is 18.8 Å². The number of carbonyl (C=O) groups is 1. The minimum absolute atomic E-state index is 0.146. The van der Waals surface area contributed by atoms with Gasteiger partial charge in [0.1, 0.15) is 6.10 Å². The molecule has 5 nitrogen and oxygen atoms in total. The first kappa shape index (κ1) is 64.1. The summed E-state index contributed by atoms with van der Waals surface area (Å²) < 4.78 is 0. The molecule has 0 saturated carbocycles. The van der Waals surface area contributed by atoms with Gasteiger partial charge in [0.2, 0.25) is 5.91 Å². The minimum Gasteiger partial charge on any atom is -0.394 e. The third-order valence-corrected chi connectivity index (χ3v) is 14.4. The Morgan fingerprint density at radius 2 is 0.615 bits per heavy atom.